The van der Waals surface area contributed by atoms with E-state index in [-0.39, 0.29) is 5.78 Å². The number of hydrogen-bond donors (Lipinski definition) is 1. The van der Waals surface area contributed by atoms with Crippen molar-refractivity contribution in [3.05, 3.63) is 51.2 Å². The lowest BCUT2D eigenvalue weighted by atomic mass is 10.0. The van der Waals surface area contributed by atoms with Crippen LogP contribution < -0.4 is 5.73 Å². The second-order valence-electron chi connectivity index (χ2n) is 3.47. The Bertz CT molecular complexity index is 508. The molecule has 0 aliphatic carbocycles. The third-order valence-corrected chi connectivity index (χ3v) is 3.34. The Morgan fingerprint density at radius 1 is 1.38 bits per heavy atom. The Kier molecular flexibility index (Phi) is 3.27. The van der Waals surface area contributed by atoms with Gasteiger partial charge >= 0.3 is 0 Å². The largest absolute Gasteiger partial charge is 0.398 e. The molecule has 16 heavy (non-hydrogen) atoms. The van der Waals surface area contributed by atoms with Crippen LogP contribution in [0.1, 0.15) is 15.9 Å². The highest BCUT2D eigenvalue weighted by molar-refractivity contribution is 7.08. The number of nitrogen functional groups attached to an aromatic ring is 1. The Morgan fingerprint density at radius 2 is 2.19 bits per heavy atom. The second-order valence-corrected chi connectivity index (χ2v) is 4.66. The highest BCUT2D eigenvalue weighted by Crippen LogP contribution is 2.20. The Balaban J connectivity index is 2.18. The number of carbonyl (C=O) groups excluding carboxylic acids is 1. The van der Waals surface area contributed by atoms with Gasteiger partial charge in [-0.1, -0.05) is 11.6 Å². The third-order valence-electron chi connectivity index (χ3n) is 2.26. The van der Waals surface area contributed by atoms with E-state index in [0.717, 1.165) is 5.56 Å². The number of halogens is 1. The first-order chi connectivity index (χ1) is 7.66. The molecule has 0 saturated heterocycles. The van der Waals surface area contributed by atoms with Crippen molar-refractivity contribution in [1.82, 2.24) is 0 Å². The minimum atomic E-state index is 0.0572. The highest BCUT2D eigenvalue weighted by Gasteiger charge is 2.08. The quantitative estimate of drug-likeness (QED) is 0.671. The number of benzene rings is 1. The molecule has 0 fully saturated rings. The molecule has 1 heterocycles. The van der Waals surface area contributed by atoms with Gasteiger partial charge in [-0.05, 0) is 40.6 Å². The number of hydrogen-bond acceptors (Lipinski definition) is 3. The lowest BCUT2D eigenvalue weighted by Gasteiger charge is -2.02. The molecule has 0 atom stereocenters. The lowest BCUT2D eigenvalue weighted by molar-refractivity contribution is 0.0993. The number of rotatable bonds is 3. The summed E-state index contributed by atoms with van der Waals surface area (Å²) >= 11 is 7.38. The van der Waals surface area contributed by atoms with E-state index in [2.05, 4.69) is 0 Å². The molecule has 0 aliphatic rings. The van der Waals surface area contributed by atoms with Crippen molar-refractivity contribution in [3.63, 3.8) is 0 Å². The van der Waals surface area contributed by atoms with Crippen molar-refractivity contribution >= 4 is 34.4 Å². The van der Waals surface area contributed by atoms with Crippen LogP contribution in [0.5, 0.6) is 0 Å². The van der Waals surface area contributed by atoms with Crippen molar-refractivity contribution in [2.75, 3.05) is 5.73 Å². The van der Waals surface area contributed by atoms with Gasteiger partial charge in [0.25, 0.3) is 0 Å². The fourth-order valence-corrected chi connectivity index (χ4v) is 2.18. The zero-order valence-electron chi connectivity index (χ0n) is 8.44. The molecule has 2 N–H and O–H groups in total. The molecule has 4 heteroatoms. The van der Waals surface area contributed by atoms with Gasteiger partial charge in [-0.2, -0.15) is 11.3 Å². The molecule has 0 bridgehead atoms. The number of thiophene rings is 1. The summed E-state index contributed by atoms with van der Waals surface area (Å²) in [6, 6.07) is 6.92. The van der Waals surface area contributed by atoms with E-state index in [9.17, 15) is 4.79 Å². The van der Waals surface area contributed by atoms with Gasteiger partial charge in [0.15, 0.2) is 5.78 Å². The molecular weight excluding hydrogens is 242 g/mol. The maximum atomic E-state index is 11.9. The van der Waals surface area contributed by atoms with Gasteiger partial charge in [0.05, 0.1) is 10.7 Å². The number of anilines is 1. The molecule has 0 amide bonds. The maximum Gasteiger partial charge on any atom is 0.167 e. The molecule has 0 radical (unpaired) electrons. The molecule has 0 unspecified atom stereocenters. The molecule has 0 spiro atoms. The van der Waals surface area contributed by atoms with E-state index in [1.807, 2.05) is 16.8 Å². The zero-order valence-corrected chi connectivity index (χ0v) is 10.0. The summed E-state index contributed by atoms with van der Waals surface area (Å²) in [4.78, 5) is 11.9. The smallest absolute Gasteiger partial charge is 0.167 e. The lowest BCUT2D eigenvalue weighted by Crippen LogP contribution is -2.03. The van der Waals surface area contributed by atoms with E-state index < -0.39 is 0 Å². The monoisotopic (exact) mass is 251 g/mol. The molecule has 2 nitrogen and oxygen atoms in total. The fourth-order valence-electron chi connectivity index (χ4n) is 1.40. The van der Waals surface area contributed by atoms with Crippen LogP contribution in [0.25, 0.3) is 0 Å². The molecule has 2 rings (SSSR count). The number of Topliss-reactive ketones (excluding diaryl/α,β-unsaturated/α-hetero) is 1. The zero-order chi connectivity index (χ0) is 11.5. The first-order valence-corrected chi connectivity index (χ1v) is 6.08. The van der Waals surface area contributed by atoms with Crippen LogP contribution in [0.15, 0.2) is 35.0 Å². The van der Waals surface area contributed by atoms with E-state index in [1.54, 1.807) is 29.5 Å². The summed E-state index contributed by atoms with van der Waals surface area (Å²) in [6.45, 7) is 0. The summed E-state index contributed by atoms with van der Waals surface area (Å²) < 4.78 is 0. The number of nitrogens with two attached hydrogens (primary N) is 1. The SMILES string of the molecule is Nc1cc(C(=O)Cc2ccsc2)ccc1Cl. The molecular formula is C12H10ClNOS. The molecule has 1 aromatic heterocycles. The molecule has 2 aromatic rings. The average Bonchev–Trinajstić information content (AvgIpc) is 2.74. The van der Waals surface area contributed by atoms with Crippen molar-refractivity contribution in [2.24, 2.45) is 0 Å². The van der Waals surface area contributed by atoms with Crippen LogP contribution in [-0.2, 0) is 6.42 Å². The van der Waals surface area contributed by atoms with E-state index >= 15 is 0 Å². The summed E-state index contributed by atoms with van der Waals surface area (Å²) in [5.74, 6) is 0.0572. The molecule has 82 valence electrons. The maximum absolute atomic E-state index is 11.9. The van der Waals surface area contributed by atoms with Crippen LogP contribution in [0.4, 0.5) is 5.69 Å². The predicted octanol–water partition coefficient (Wildman–Crippen LogP) is 3.41. The van der Waals surface area contributed by atoms with Gasteiger partial charge in [-0.3, -0.25) is 4.79 Å². The topological polar surface area (TPSA) is 43.1 Å². The molecule has 0 aliphatic heterocycles. The van der Waals surface area contributed by atoms with Crippen molar-refractivity contribution in [3.8, 4) is 0 Å². The van der Waals surface area contributed by atoms with Gasteiger partial charge in [0.1, 0.15) is 0 Å². The number of ketones is 1. The van der Waals surface area contributed by atoms with E-state index in [0.29, 0.717) is 22.7 Å². The predicted molar refractivity (Wildman–Crippen MR) is 68.2 cm³/mol. The average molecular weight is 252 g/mol. The minimum absolute atomic E-state index is 0.0572. The number of carbonyl (C=O) groups is 1. The highest BCUT2D eigenvalue weighted by atomic mass is 35.5. The summed E-state index contributed by atoms with van der Waals surface area (Å²) in [7, 11) is 0. The Hall–Kier alpha value is -1.32. The van der Waals surface area contributed by atoms with Crippen LogP contribution in [0.2, 0.25) is 5.02 Å². The van der Waals surface area contributed by atoms with Crippen molar-refractivity contribution in [1.29, 1.82) is 0 Å². The Morgan fingerprint density at radius 3 is 2.81 bits per heavy atom. The van der Waals surface area contributed by atoms with Crippen LogP contribution in [0.3, 0.4) is 0 Å². The summed E-state index contributed by atoms with van der Waals surface area (Å²) in [5.41, 5.74) is 7.73. The van der Waals surface area contributed by atoms with Crippen molar-refractivity contribution in [2.45, 2.75) is 6.42 Å². The standard InChI is InChI=1S/C12H10ClNOS/c13-10-2-1-9(6-11(10)14)12(15)5-8-3-4-16-7-8/h1-4,6-7H,5,14H2. The summed E-state index contributed by atoms with van der Waals surface area (Å²) in [5, 5.41) is 4.41. The molecule has 0 saturated carbocycles. The van der Waals surface area contributed by atoms with Crippen LogP contribution in [-0.4, -0.2) is 5.78 Å². The van der Waals surface area contributed by atoms with Gasteiger partial charge in [0, 0.05) is 12.0 Å². The second kappa shape index (κ2) is 4.68. The third kappa shape index (κ3) is 2.43. The van der Waals surface area contributed by atoms with Crippen LogP contribution in [0, 0.1) is 0 Å². The minimum Gasteiger partial charge on any atom is -0.398 e. The van der Waals surface area contributed by atoms with Crippen LogP contribution >= 0.6 is 22.9 Å². The summed E-state index contributed by atoms with van der Waals surface area (Å²) in [6.07, 6.45) is 0.407. The first-order valence-electron chi connectivity index (χ1n) is 4.76. The van der Waals surface area contributed by atoms with Gasteiger partial charge < -0.3 is 5.73 Å². The van der Waals surface area contributed by atoms with E-state index in [4.69, 9.17) is 17.3 Å². The van der Waals surface area contributed by atoms with Crippen molar-refractivity contribution < 1.29 is 4.79 Å². The van der Waals surface area contributed by atoms with Gasteiger partial charge in [-0.25, -0.2) is 0 Å². The first kappa shape index (κ1) is 11.2. The Labute approximate surface area is 103 Å². The fraction of sp³-hybridized carbons (Fsp3) is 0.0833. The molecule has 1 aromatic carbocycles. The van der Waals surface area contributed by atoms with Gasteiger partial charge in [-0.15, -0.1) is 0 Å². The van der Waals surface area contributed by atoms with E-state index in [1.165, 1.54) is 0 Å². The normalized spacial score (nSPS) is 10.3. The van der Waals surface area contributed by atoms with Gasteiger partial charge in [0.2, 0.25) is 0 Å².